The molecule has 3 atom stereocenters. The van der Waals surface area contributed by atoms with Gasteiger partial charge in [-0.2, -0.15) is 0 Å². The van der Waals surface area contributed by atoms with Crippen LogP contribution in [0.4, 0.5) is 0 Å². The summed E-state index contributed by atoms with van der Waals surface area (Å²) < 4.78 is 9.45. The number of piperidine rings is 7. The Bertz CT molecular complexity index is 1910. The lowest BCUT2D eigenvalue weighted by molar-refractivity contribution is -0.149. The van der Waals surface area contributed by atoms with Crippen molar-refractivity contribution in [1.82, 2.24) is 95.3 Å². The number of alkyl halides is 1. The number of hydrogen-bond donors (Lipinski definition) is 23. The third kappa shape index (κ3) is 69.5. The van der Waals surface area contributed by atoms with Crippen LogP contribution in [0.2, 0.25) is 0 Å². The third-order valence-corrected chi connectivity index (χ3v) is 21.6. The van der Waals surface area contributed by atoms with Crippen molar-refractivity contribution < 1.29 is 59.3 Å². The lowest BCUT2D eigenvalue weighted by Crippen LogP contribution is -2.39. The van der Waals surface area contributed by atoms with E-state index in [0.717, 1.165) is 284 Å². The highest BCUT2D eigenvalue weighted by Gasteiger charge is 2.23. The highest BCUT2D eigenvalue weighted by Crippen LogP contribution is 2.16. The maximum atomic E-state index is 11.1. The maximum absolute atomic E-state index is 11.1. The number of Topliss-reactive ketones (excluding diaryl/α,β-unsaturated/α-hetero) is 2. The topological polar surface area (TPSA) is 416 Å². The van der Waals surface area contributed by atoms with Gasteiger partial charge in [0.15, 0.2) is 0 Å². The maximum Gasteiger partial charge on any atom is 0.322 e. The highest BCUT2D eigenvalue weighted by atomic mass is 79.9. The van der Waals surface area contributed by atoms with Gasteiger partial charge in [0.05, 0.1) is 45.1 Å². The molecule has 14 rings (SSSR count). The smallest absolute Gasteiger partial charge is 0.322 e. The molecule has 31 heteroatoms. The lowest BCUT2D eigenvalue weighted by atomic mass is 9.95. The fraction of sp³-hybridized carbons (Fsp3) is 0.950. The van der Waals surface area contributed by atoms with E-state index in [1.54, 1.807) is 6.92 Å². The van der Waals surface area contributed by atoms with E-state index < -0.39 is 0 Å². The van der Waals surface area contributed by atoms with E-state index in [-0.39, 0.29) is 36.1 Å². The molecular weight excluding hydrogens is 1480 g/mol. The van der Waals surface area contributed by atoms with Crippen molar-refractivity contribution in [2.24, 2.45) is 23.7 Å². The molecule has 0 aromatic carbocycles. The number of rotatable bonds is 10. The van der Waals surface area contributed by atoms with E-state index in [4.69, 9.17) is 35.4 Å². The quantitative estimate of drug-likeness (QED) is 0.0944. The molecule has 0 spiro atoms. The first-order valence-corrected chi connectivity index (χ1v) is 44.7. The van der Waals surface area contributed by atoms with Gasteiger partial charge in [0.25, 0.3) is 0 Å². The van der Waals surface area contributed by atoms with Crippen LogP contribution >= 0.6 is 15.9 Å². The van der Waals surface area contributed by atoms with Crippen molar-refractivity contribution in [3.63, 3.8) is 0 Å². The first kappa shape index (κ1) is 107. The summed E-state index contributed by atoms with van der Waals surface area (Å²) in [6.07, 6.45) is 25.9. The molecule has 658 valence electrons. The third-order valence-electron chi connectivity index (χ3n) is 20.7. The summed E-state index contributed by atoms with van der Waals surface area (Å²) in [5.74, 6) is 2.48. The number of nitrogens with zero attached hydrogens (tertiary/aromatic N) is 1. The first-order chi connectivity index (χ1) is 54.3. The van der Waals surface area contributed by atoms with Crippen LogP contribution in [-0.2, 0) is 28.7 Å². The summed E-state index contributed by atoms with van der Waals surface area (Å²) in [5.41, 5.74) is 0. The van der Waals surface area contributed by atoms with E-state index in [9.17, 15) is 19.2 Å². The second-order valence-electron chi connectivity index (χ2n) is 30.2. The van der Waals surface area contributed by atoms with Crippen LogP contribution in [-0.4, -0.2) is 357 Å². The van der Waals surface area contributed by atoms with Crippen LogP contribution in [0.15, 0.2) is 0 Å². The molecule has 14 aliphatic heterocycles. The zero-order chi connectivity index (χ0) is 80.8. The average molecular weight is 1660 g/mol. The van der Waals surface area contributed by atoms with E-state index in [1.165, 1.54) is 117 Å². The number of ether oxygens (including phenoxy) is 2. The predicted molar refractivity (Wildman–Crippen MR) is 455 cm³/mol. The Labute approximate surface area is 680 Å². The van der Waals surface area contributed by atoms with Gasteiger partial charge < -0.3 is 130 Å². The number of β-amino-alcohol motifs (C(OH)–C–C–N with tert-alkyl or cyclic N) is 2. The number of methoxy groups -OCH3 is 1. The number of carbonyl (C=O) groups is 4. The molecule has 0 aromatic heterocycles. The predicted octanol–water partition coefficient (Wildman–Crippen LogP) is -0.762. The van der Waals surface area contributed by atoms with Crippen molar-refractivity contribution >= 4 is 39.4 Å². The largest absolute Gasteiger partial charge is 0.468 e. The number of nitrogens with one attached hydrogen (secondary N) is 17. The Morgan fingerprint density at radius 3 is 1.14 bits per heavy atom. The summed E-state index contributed by atoms with van der Waals surface area (Å²) in [6.45, 7) is 42.9. The van der Waals surface area contributed by atoms with Crippen molar-refractivity contribution in [3.05, 3.63) is 0 Å². The van der Waals surface area contributed by atoms with E-state index in [0.29, 0.717) is 62.5 Å². The van der Waals surface area contributed by atoms with Crippen LogP contribution in [0.25, 0.3) is 0 Å². The van der Waals surface area contributed by atoms with Crippen LogP contribution in [0, 0.1) is 23.7 Å². The number of ketones is 2. The van der Waals surface area contributed by atoms with Crippen molar-refractivity contribution in [2.45, 2.75) is 197 Å². The van der Waals surface area contributed by atoms with Crippen LogP contribution < -0.4 is 90.4 Å². The van der Waals surface area contributed by atoms with Crippen molar-refractivity contribution in [1.29, 1.82) is 0 Å². The van der Waals surface area contributed by atoms with E-state index in [2.05, 4.69) is 116 Å². The molecule has 0 amide bonds. The van der Waals surface area contributed by atoms with Gasteiger partial charge >= 0.3 is 11.9 Å². The zero-order valence-corrected chi connectivity index (χ0v) is 71.5. The van der Waals surface area contributed by atoms with Crippen molar-refractivity contribution in [2.75, 3.05) is 269 Å². The standard InChI is InChI=1S/C8H15NO2.C7H16N2O.C7H13NO.C7H15NO.C6H14N2.C6H11NO2.C6H13NO.C5H10BrN.C5H12N2.C5H11NO.C5H9NO.C5H11NO.C4H10N2.C4H9NO/c1-2-11-8(10)7-3-5-9-6-4-7;10-7-6-9-4-1-2-8-3-5-9;1-6(9)7-2-4-8-5-3-7;9-6-3-7-1-4-8-5-2-7;1-3-7-5-2-6-8-4-1;1-9-6(8)5-3-2-4-7-5;8-5-6-1-3-7-4-2-6;6-5-1-3-7-4-2-5;1-2-6-4-5-7-3-1;2*7-5-1-3-6-4-2-5;7-4-5-2-1-3-6-5;1-2-6-4-3-5-1;6-4-1-2-5-3-4/h7,9H,2-6H2,1H3;8,10H,1-7H2;7-8H,2-5H2,1H3;7-9H,1-6H2;7-8H,1-6H2;5,7H,2-4H2,1H3;6-8H,1-5H2;5,7H,1-4H2;6-7H,1-5H2;5-7H,1-4H2;6H,1-4H2;5-7H,1-4H2;5-6H,1-4H2;4-6H,1-3H2/t;;;;;5-;;;;;;5-;;4-/m.....0.....0.1/s1. The zero-order valence-electron chi connectivity index (χ0n) is 69.9. The van der Waals surface area contributed by atoms with Gasteiger partial charge in [-0.1, -0.05) is 15.9 Å². The van der Waals surface area contributed by atoms with Crippen LogP contribution in [0.5, 0.6) is 0 Å². The number of aliphatic hydroxyl groups excluding tert-OH is 6. The Morgan fingerprint density at radius 2 is 0.820 bits per heavy atom. The Hall–Kier alpha value is -2.20. The summed E-state index contributed by atoms with van der Waals surface area (Å²) in [6, 6.07) is 0.370. The molecule has 14 aliphatic rings. The minimum Gasteiger partial charge on any atom is -0.468 e. The molecule has 0 unspecified atom stereocenters. The molecule has 14 saturated heterocycles. The molecule has 111 heavy (non-hydrogen) atoms. The average Bonchev–Trinajstić information content (AvgIpc) is 1.27. The first-order valence-electron chi connectivity index (χ1n) is 43.8. The Kier molecular flexibility index (Phi) is 78.5. The number of hydrogen-bond acceptors (Lipinski definition) is 30. The molecule has 0 aromatic rings. The van der Waals surface area contributed by atoms with Gasteiger partial charge in [-0.15, -0.1) is 0 Å². The minimum atomic E-state index is -0.132. The Balaban J connectivity index is 0.000000599. The van der Waals surface area contributed by atoms with E-state index >= 15 is 0 Å². The number of esters is 2. The molecule has 14 fully saturated rings. The Morgan fingerprint density at radius 1 is 0.405 bits per heavy atom. The van der Waals surface area contributed by atoms with Gasteiger partial charge in [-0.05, 0) is 317 Å². The normalized spacial score (nSPS) is 24.4. The number of piperazine rings is 1. The van der Waals surface area contributed by atoms with Crippen LogP contribution in [0.1, 0.15) is 168 Å². The van der Waals surface area contributed by atoms with E-state index in [1.807, 2.05) is 6.92 Å². The summed E-state index contributed by atoms with van der Waals surface area (Å²) in [5, 5.41) is 107. The van der Waals surface area contributed by atoms with Crippen LogP contribution in [0.3, 0.4) is 0 Å². The second kappa shape index (κ2) is 81.5. The SMILES string of the molecule is BrC1CCNCC1.C1CNCCCNC1.C1CNCCN1.C1CNCCNC1.CC(=O)C1CCNCC1.CCOC(=O)C1CCNCC1.COC(=O)[C@@H]1CCCN1.O=C1CCNCC1.OC1CCNCC1.OCC1CCNCC1.OCCC1CCNCC1.OCCN1CCCNCC1.OC[C@@H]1CCCN1.O[C@@H]1CCNC1. The molecule has 0 saturated carbocycles. The molecule has 23 N–H and O–H groups in total. The highest BCUT2D eigenvalue weighted by molar-refractivity contribution is 9.09. The van der Waals surface area contributed by atoms with Crippen molar-refractivity contribution in [3.8, 4) is 0 Å². The lowest BCUT2D eigenvalue weighted by Gasteiger charge is -2.21. The molecular formula is C80H169BrN18O12. The monoisotopic (exact) mass is 1650 g/mol. The molecule has 14 heterocycles. The number of aliphatic hydroxyl groups is 6. The fourth-order valence-corrected chi connectivity index (χ4v) is 13.9. The summed E-state index contributed by atoms with van der Waals surface area (Å²) in [7, 11) is 1.42. The molecule has 30 nitrogen and oxygen atoms in total. The molecule has 0 aliphatic carbocycles. The van der Waals surface area contributed by atoms with Gasteiger partial charge in [-0.25, -0.2) is 0 Å². The molecule has 0 bridgehead atoms. The second-order valence-corrected chi connectivity index (χ2v) is 31.5. The number of carbonyl (C=O) groups excluding carboxylic acids is 4. The summed E-state index contributed by atoms with van der Waals surface area (Å²) >= 11 is 3.55. The van der Waals surface area contributed by atoms with Gasteiger partial charge in [0, 0.05) is 121 Å². The van der Waals surface area contributed by atoms with Gasteiger partial charge in [-0.3, -0.25) is 24.1 Å². The molecule has 0 radical (unpaired) electrons. The fourth-order valence-electron chi connectivity index (χ4n) is 13.4. The number of halogens is 1. The summed E-state index contributed by atoms with van der Waals surface area (Å²) in [4.78, 5) is 46.1. The van der Waals surface area contributed by atoms with Gasteiger partial charge in [0.1, 0.15) is 17.6 Å². The van der Waals surface area contributed by atoms with Gasteiger partial charge in [0.2, 0.25) is 0 Å². The minimum absolute atomic E-state index is 0.0194.